The standard InChI is InChI=1S/C13H21NO3S3/c1-10-8-12(19-11(10)9-15)20(16,17)14-5-4-13(2,3)18-7-6-14/h8,15H,4-7,9H2,1-3H3. The van der Waals surface area contributed by atoms with E-state index in [2.05, 4.69) is 13.8 Å². The lowest BCUT2D eigenvalue weighted by atomic mass is 10.1. The number of aliphatic hydroxyl groups excluding tert-OH is 1. The Labute approximate surface area is 129 Å². The number of thioether (sulfide) groups is 1. The van der Waals surface area contributed by atoms with Crippen LogP contribution in [0, 0.1) is 6.92 Å². The molecule has 0 radical (unpaired) electrons. The van der Waals surface area contributed by atoms with Crippen LogP contribution in [-0.4, -0.2) is 41.4 Å². The number of nitrogens with zero attached hydrogens (tertiary/aromatic N) is 1. The van der Waals surface area contributed by atoms with Gasteiger partial charge in [0.1, 0.15) is 4.21 Å². The Bertz CT molecular complexity index is 578. The van der Waals surface area contributed by atoms with E-state index >= 15 is 0 Å². The molecule has 0 spiro atoms. The summed E-state index contributed by atoms with van der Waals surface area (Å²) in [5.41, 5.74) is 0.848. The Morgan fingerprint density at radius 2 is 2.10 bits per heavy atom. The SMILES string of the molecule is Cc1cc(S(=O)(=O)N2CCSC(C)(C)CC2)sc1CO. The predicted molar refractivity (Wildman–Crippen MR) is 84.9 cm³/mol. The zero-order chi connectivity index (χ0) is 15.0. The van der Waals surface area contributed by atoms with Gasteiger partial charge in [0, 0.05) is 28.5 Å². The molecule has 0 aliphatic carbocycles. The highest BCUT2D eigenvalue weighted by molar-refractivity contribution is 8.00. The van der Waals surface area contributed by atoms with Gasteiger partial charge in [0.15, 0.2) is 0 Å². The molecule has 0 bridgehead atoms. The number of hydrogen-bond donors (Lipinski definition) is 1. The molecule has 4 nitrogen and oxygen atoms in total. The fourth-order valence-electron chi connectivity index (χ4n) is 2.14. The average molecular weight is 336 g/mol. The van der Waals surface area contributed by atoms with Crippen molar-refractivity contribution in [1.82, 2.24) is 4.31 Å². The Hall–Kier alpha value is -0.0800. The lowest BCUT2D eigenvalue weighted by molar-refractivity contribution is 0.285. The second-order valence-electron chi connectivity index (χ2n) is 5.59. The Morgan fingerprint density at radius 3 is 2.70 bits per heavy atom. The molecule has 0 aromatic carbocycles. The van der Waals surface area contributed by atoms with Crippen LogP contribution in [0.25, 0.3) is 0 Å². The minimum atomic E-state index is -3.42. The minimum Gasteiger partial charge on any atom is -0.391 e. The number of thiophene rings is 1. The summed E-state index contributed by atoms with van der Waals surface area (Å²) in [5, 5.41) is 9.22. The molecule has 1 N–H and O–H groups in total. The summed E-state index contributed by atoms with van der Waals surface area (Å²) in [6.45, 7) is 7.17. The Morgan fingerprint density at radius 1 is 1.40 bits per heavy atom. The van der Waals surface area contributed by atoms with Crippen molar-refractivity contribution in [2.75, 3.05) is 18.8 Å². The van der Waals surface area contributed by atoms with Crippen molar-refractivity contribution < 1.29 is 13.5 Å². The van der Waals surface area contributed by atoms with Crippen molar-refractivity contribution in [2.24, 2.45) is 0 Å². The molecule has 1 aliphatic heterocycles. The van der Waals surface area contributed by atoms with Crippen LogP contribution in [0.2, 0.25) is 0 Å². The molecule has 1 aromatic rings. The fraction of sp³-hybridized carbons (Fsp3) is 0.692. The summed E-state index contributed by atoms with van der Waals surface area (Å²) < 4.78 is 27.4. The van der Waals surface area contributed by atoms with Crippen LogP contribution in [0.4, 0.5) is 0 Å². The summed E-state index contributed by atoms with van der Waals surface area (Å²) >= 11 is 3.01. The Kier molecular flexibility index (Phi) is 4.86. The van der Waals surface area contributed by atoms with Crippen LogP contribution in [0.1, 0.15) is 30.7 Å². The van der Waals surface area contributed by atoms with Gasteiger partial charge < -0.3 is 5.11 Å². The van der Waals surface area contributed by atoms with E-state index in [1.807, 2.05) is 18.7 Å². The van der Waals surface area contributed by atoms with E-state index in [0.717, 1.165) is 22.6 Å². The van der Waals surface area contributed by atoms with Crippen LogP contribution in [0.5, 0.6) is 0 Å². The molecular formula is C13H21NO3S3. The van der Waals surface area contributed by atoms with Gasteiger partial charge in [0.25, 0.3) is 10.0 Å². The maximum absolute atomic E-state index is 12.7. The lowest BCUT2D eigenvalue weighted by Gasteiger charge is -2.22. The van der Waals surface area contributed by atoms with E-state index in [1.54, 1.807) is 10.4 Å². The first-order valence-corrected chi connectivity index (χ1v) is 9.85. The highest BCUT2D eigenvalue weighted by atomic mass is 32.2. The van der Waals surface area contributed by atoms with Crippen molar-refractivity contribution in [3.63, 3.8) is 0 Å². The van der Waals surface area contributed by atoms with Gasteiger partial charge in [-0.05, 0) is 25.0 Å². The quantitative estimate of drug-likeness (QED) is 0.922. The third-order valence-electron chi connectivity index (χ3n) is 3.53. The van der Waals surface area contributed by atoms with Gasteiger partial charge in [0.05, 0.1) is 6.61 Å². The van der Waals surface area contributed by atoms with Crippen molar-refractivity contribution in [2.45, 2.75) is 42.8 Å². The highest BCUT2D eigenvalue weighted by Crippen LogP contribution is 2.34. The van der Waals surface area contributed by atoms with Crippen molar-refractivity contribution in [3.05, 3.63) is 16.5 Å². The molecule has 0 unspecified atom stereocenters. The molecule has 0 atom stereocenters. The first kappa shape index (κ1) is 16.3. The number of rotatable bonds is 3. The van der Waals surface area contributed by atoms with E-state index < -0.39 is 10.0 Å². The number of aryl methyl sites for hydroxylation is 1. The molecule has 1 aromatic heterocycles. The van der Waals surface area contributed by atoms with Crippen molar-refractivity contribution in [1.29, 1.82) is 0 Å². The number of sulfonamides is 1. The van der Waals surface area contributed by atoms with Gasteiger partial charge in [-0.3, -0.25) is 0 Å². The van der Waals surface area contributed by atoms with Gasteiger partial charge in [-0.15, -0.1) is 11.3 Å². The minimum absolute atomic E-state index is 0.102. The molecule has 20 heavy (non-hydrogen) atoms. The van der Waals surface area contributed by atoms with Crippen molar-refractivity contribution in [3.8, 4) is 0 Å². The summed E-state index contributed by atoms with van der Waals surface area (Å²) in [6.07, 6.45) is 0.855. The zero-order valence-electron chi connectivity index (χ0n) is 12.0. The summed E-state index contributed by atoms with van der Waals surface area (Å²) in [4.78, 5) is 0.730. The maximum atomic E-state index is 12.7. The van der Waals surface area contributed by atoms with Crippen LogP contribution in [-0.2, 0) is 16.6 Å². The van der Waals surface area contributed by atoms with E-state index in [4.69, 9.17) is 0 Å². The fourth-order valence-corrected chi connectivity index (χ4v) is 6.40. The van der Waals surface area contributed by atoms with Gasteiger partial charge in [-0.2, -0.15) is 16.1 Å². The Balaban J connectivity index is 2.25. The molecule has 2 rings (SSSR count). The van der Waals surface area contributed by atoms with E-state index in [9.17, 15) is 13.5 Å². The lowest BCUT2D eigenvalue weighted by Crippen LogP contribution is -2.33. The highest BCUT2D eigenvalue weighted by Gasteiger charge is 2.32. The molecule has 1 aliphatic rings. The van der Waals surface area contributed by atoms with E-state index in [-0.39, 0.29) is 11.4 Å². The first-order valence-electron chi connectivity index (χ1n) is 6.60. The molecule has 1 saturated heterocycles. The number of hydrogen-bond acceptors (Lipinski definition) is 5. The monoisotopic (exact) mass is 335 g/mol. The summed E-state index contributed by atoms with van der Waals surface area (Å²) in [7, 11) is -3.42. The normalized spacial score (nSPS) is 20.8. The topological polar surface area (TPSA) is 57.6 Å². The van der Waals surface area contributed by atoms with Gasteiger partial charge in [-0.1, -0.05) is 13.8 Å². The maximum Gasteiger partial charge on any atom is 0.252 e. The van der Waals surface area contributed by atoms with Gasteiger partial charge in [0.2, 0.25) is 0 Å². The number of aliphatic hydroxyl groups is 1. The van der Waals surface area contributed by atoms with Gasteiger partial charge in [-0.25, -0.2) is 8.42 Å². The van der Waals surface area contributed by atoms with Crippen LogP contribution in [0.3, 0.4) is 0 Å². The van der Waals surface area contributed by atoms with Gasteiger partial charge >= 0.3 is 0 Å². The molecule has 114 valence electrons. The molecule has 0 amide bonds. The predicted octanol–water partition coefficient (Wildman–Crippen LogP) is 2.46. The van der Waals surface area contributed by atoms with Crippen LogP contribution >= 0.6 is 23.1 Å². The second kappa shape index (κ2) is 5.96. The van der Waals surface area contributed by atoms with Crippen molar-refractivity contribution >= 4 is 33.1 Å². The third kappa shape index (κ3) is 3.39. The average Bonchev–Trinajstić information content (AvgIpc) is 2.64. The smallest absolute Gasteiger partial charge is 0.252 e. The van der Waals surface area contributed by atoms with Crippen LogP contribution < -0.4 is 0 Å². The van der Waals surface area contributed by atoms with E-state index in [0.29, 0.717) is 17.3 Å². The summed E-state index contributed by atoms with van der Waals surface area (Å²) in [6, 6.07) is 1.68. The third-order valence-corrected chi connectivity index (χ3v) is 8.47. The molecule has 0 saturated carbocycles. The molecule has 1 fully saturated rings. The second-order valence-corrected chi connectivity index (χ2v) is 10.7. The van der Waals surface area contributed by atoms with Crippen LogP contribution in [0.15, 0.2) is 10.3 Å². The first-order chi connectivity index (χ1) is 9.26. The largest absolute Gasteiger partial charge is 0.391 e. The van der Waals surface area contributed by atoms with E-state index in [1.165, 1.54) is 11.3 Å². The molecule has 2 heterocycles. The molecule has 7 heteroatoms. The molecular weight excluding hydrogens is 314 g/mol. The zero-order valence-corrected chi connectivity index (χ0v) is 14.5. The summed E-state index contributed by atoms with van der Waals surface area (Å²) in [5.74, 6) is 0.823.